The molecular weight excluding hydrogens is 328 g/mol. The van der Waals surface area contributed by atoms with E-state index in [4.69, 9.17) is 5.21 Å². The van der Waals surface area contributed by atoms with Crippen LogP contribution in [0, 0.1) is 12.8 Å². The van der Waals surface area contributed by atoms with Crippen LogP contribution in [-0.4, -0.2) is 35.0 Å². The van der Waals surface area contributed by atoms with Crippen molar-refractivity contribution in [1.29, 1.82) is 0 Å². The van der Waals surface area contributed by atoms with Crippen LogP contribution in [0.2, 0.25) is 0 Å². The number of benzene rings is 2. The average molecular weight is 354 g/mol. The van der Waals surface area contributed by atoms with Gasteiger partial charge in [0.05, 0.1) is 5.56 Å². The molecular formula is C21H26N2O3. The van der Waals surface area contributed by atoms with Crippen LogP contribution in [0.25, 0.3) is 10.8 Å². The lowest BCUT2D eigenvalue weighted by Crippen LogP contribution is -2.38. The van der Waals surface area contributed by atoms with Crippen LogP contribution in [0.4, 0.5) is 0 Å². The van der Waals surface area contributed by atoms with Gasteiger partial charge in [0.25, 0.3) is 5.91 Å². The molecule has 0 saturated carbocycles. The zero-order chi connectivity index (χ0) is 18.5. The Morgan fingerprint density at radius 3 is 2.62 bits per heavy atom. The van der Waals surface area contributed by atoms with E-state index in [2.05, 4.69) is 6.07 Å². The summed E-state index contributed by atoms with van der Waals surface area (Å²) in [5.74, 6) is 0.334. The van der Waals surface area contributed by atoms with Crippen LogP contribution in [0.1, 0.15) is 48.0 Å². The third kappa shape index (κ3) is 4.05. The van der Waals surface area contributed by atoms with E-state index in [1.807, 2.05) is 42.2 Å². The van der Waals surface area contributed by atoms with Crippen molar-refractivity contribution in [3.8, 4) is 0 Å². The number of amides is 2. The van der Waals surface area contributed by atoms with Gasteiger partial charge in [-0.15, -0.1) is 0 Å². The molecule has 0 spiro atoms. The number of carbonyl (C=O) groups is 2. The Kier molecular flexibility index (Phi) is 5.89. The van der Waals surface area contributed by atoms with Gasteiger partial charge in [-0.3, -0.25) is 14.8 Å². The zero-order valence-electron chi connectivity index (χ0n) is 15.2. The Labute approximate surface area is 154 Å². The summed E-state index contributed by atoms with van der Waals surface area (Å²) in [6.45, 7) is 3.52. The molecule has 5 nitrogen and oxygen atoms in total. The Balaban J connectivity index is 1.63. The van der Waals surface area contributed by atoms with E-state index < -0.39 is 0 Å². The van der Waals surface area contributed by atoms with Gasteiger partial charge in [0.2, 0.25) is 5.91 Å². The van der Waals surface area contributed by atoms with Crippen molar-refractivity contribution in [2.45, 2.75) is 39.0 Å². The molecule has 26 heavy (non-hydrogen) atoms. The largest absolute Gasteiger partial charge is 0.339 e. The number of aryl methyl sites for hydroxylation is 1. The van der Waals surface area contributed by atoms with Crippen molar-refractivity contribution >= 4 is 22.6 Å². The first-order valence-corrected chi connectivity index (χ1v) is 9.30. The van der Waals surface area contributed by atoms with Crippen LogP contribution in [0.15, 0.2) is 36.4 Å². The topological polar surface area (TPSA) is 69.6 Å². The summed E-state index contributed by atoms with van der Waals surface area (Å²) in [6.07, 6.45) is 4.02. The van der Waals surface area contributed by atoms with Crippen molar-refractivity contribution in [3.63, 3.8) is 0 Å². The van der Waals surface area contributed by atoms with Crippen molar-refractivity contribution in [2.24, 2.45) is 5.92 Å². The summed E-state index contributed by atoms with van der Waals surface area (Å²) in [4.78, 5) is 26.2. The predicted octanol–water partition coefficient (Wildman–Crippen LogP) is 3.68. The smallest absolute Gasteiger partial charge is 0.254 e. The van der Waals surface area contributed by atoms with E-state index in [1.165, 1.54) is 0 Å². The summed E-state index contributed by atoms with van der Waals surface area (Å²) >= 11 is 0. The van der Waals surface area contributed by atoms with Crippen LogP contribution in [-0.2, 0) is 4.79 Å². The summed E-state index contributed by atoms with van der Waals surface area (Å²) in [6, 6.07) is 12.1. The molecule has 1 heterocycles. The number of nitrogens with one attached hydrogen (secondary N) is 1. The minimum absolute atomic E-state index is 0.123. The number of hydroxylamine groups is 1. The van der Waals surface area contributed by atoms with E-state index in [-0.39, 0.29) is 11.8 Å². The van der Waals surface area contributed by atoms with Gasteiger partial charge in [-0.2, -0.15) is 0 Å². The molecule has 1 fully saturated rings. The van der Waals surface area contributed by atoms with Crippen molar-refractivity contribution in [3.05, 3.63) is 47.5 Å². The molecule has 2 N–H and O–H groups in total. The van der Waals surface area contributed by atoms with E-state index >= 15 is 0 Å². The first kappa shape index (κ1) is 18.4. The fourth-order valence-electron chi connectivity index (χ4n) is 3.85. The van der Waals surface area contributed by atoms with Crippen LogP contribution >= 0.6 is 0 Å². The number of fused-ring (bicyclic) bond motifs is 1. The molecule has 2 aromatic rings. The highest BCUT2D eigenvalue weighted by Gasteiger charge is 2.25. The molecule has 1 aliphatic heterocycles. The minimum Gasteiger partial charge on any atom is -0.339 e. The third-order valence-electron chi connectivity index (χ3n) is 5.39. The quantitative estimate of drug-likeness (QED) is 0.636. The SMILES string of the molecule is Cc1ccc2ccccc2c1C(=O)N1CCC(CCCC(=O)NO)CC1. The zero-order valence-corrected chi connectivity index (χ0v) is 15.2. The van der Waals surface area contributed by atoms with Crippen LogP contribution in [0.5, 0.6) is 0 Å². The first-order chi connectivity index (χ1) is 12.6. The standard InChI is InChI=1S/C21H26N2O3/c1-15-9-10-17-6-2-3-7-18(17)20(15)21(25)23-13-11-16(12-14-23)5-4-8-19(24)22-26/h2-3,6-7,9-10,16,26H,4-5,8,11-14H2,1H3,(H,22,24). The second kappa shape index (κ2) is 8.32. The van der Waals surface area contributed by atoms with Gasteiger partial charge >= 0.3 is 0 Å². The fourth-order valence-corrected chi connectivity index (χ4v) is 3.85. The Bertz CT molecular complexity index is 795. The summed E-state index contributed by atoms with van der Waals surface area (Å²) < 4.78 is 0. The Hall–Kier alpha value is -2.40. The van der Waals surface area contributed by atoms with Crippen molar-refractivity contribution in [1.82, 2.24) is 10.4 Å². The molecule has 2 amide bonds. The Morgan fingerprint density at radius 2 is 1.88 bits per heavy atom. The lowest BCUT2D eigenvalue weighted by atomic mass is 9.90. The molecule has 1 saturated heterocycles. The monoisotopic (exact) mass is 354 g/mol. The number of rotatable bonds is 5. The van der Waals surface area contributed by atoms with E-state index in [0.29, 0.717) is 12.3 Å². The van der Waals surface area contributed by atoms with E-state index in [0.717, 1.165) is 60.7 Å². The molecule has 5 heteroatoms. The summed E-state index contributed by atoms with van der Waals surface area (Å²) in [7, 11) is 0. The lowest BCUT2D eigenvalue weighted by molar-refractivity contribution is -0.129. The van der Waals surface area contributed by atoms with Gasteiger partial charge in [0, 0.05) is 19.5 Å². The second-order valence-corrected chi connectivity index (χ2v) is 7.14. The summed E-state index contributed by atoms with van der Waals surface area (Å²) in [5.41, 5.74) is 3.51. The molecule has 0 aromatic heterocycles. The van der Waals surface area contributed by atoms with Gasteiger partial charge in [0.1, 0.15) is 0 Å². The molecule has 0 aliphatic carbocycles. The van der Waals surface area contributed by atoms with Crippen LogP contribution in [0.3, 0.4) is 0 Å². The number of nitrogens with zero attached hydrogens (tertiary/aromatic N) is 1. The van der Waals surface area contributed by atoms with Crippen LogP contribution < -0.4 is 5.48 Å². The molecule has 0 radical (unpaired) electrons. The number of piperidine rings is 1. The maximum absolute atomic E-state index is 13.1. The van der Waals surface area contributed by atoms with Gasteiger partial charge in [0.15, 0.2) is 0 Å². The highest BCUT2D eigenvalue weighted by atomic mass is 16.5. The number of hydrogen-bond donors (Lipinski definition) is 2. The van der Waals surface area contributed by atoms with Gasteiger partial charge in [-0.1, -0.05) is 36.4 Å². The van der Waals surface area contributed by atoms with Gasteiger partial charge in [-0.25, -0.2) is 5.48 Å². The molecule has 0 unspecified atom stereocenters. The Morgan fingerprint density at radius 1 is 1.15 bits per heavy atom. The molecule has 3 rings (SSSR count). The third-order valence-corrected chi connectivity index (χ3v) is 5.39. The molecule has 0 atom stereocenters. The minimum atomic E-state index is -0.330. The van der Waals surface area contributed by atoms with Crippen molar-refractivity contribution < 1.29 is 14.8 Å². The predicted molar refractivity (Wildman–Crippen MR) is 101 cm³/mol. The molecule has 1 aliphatic rings. The maximum Gasteiger partial charge on any atom is 0.254 e. The van der Waals surface area contributed by atoms with Gasteiger partial charge < -0.3 is 4.90 Å². The highest BCUT2D eigenvalue weighted by molar-refractivity contribution is 6.08. The average Bonchev–Trinajstić information content (AvgIpc) is 2.68. The first-order valence-electron chi connectivity index (χ1n) is 9.30. The molecule has 138 valence electrons. The second-order valence-electron chi connectivity index (χ2n) is 7.14. The van der Waals surface area contributed by atoms with Gasteiger partial charge in [-0.05, 0) is 54.9 Å². The number of likely N-dealkylation sites (tertiary alicyclic amines) is 1. The summed E-state index contributed by atoms with van der Waals surface area (Å²) in [5, 5.41) is 10.6. The molecule has 0 bridgehead atoms. The van der Waals surface area contributed by atoms with E-state index in [9.17, 15) is 9.59 Å². The number of hydrogen-bond acceptors (Lipinski definition) is 3. The number of carbonyl (C=O) groups excluding carboxylic acids is 2. The molecule has 2 aromatic carbocycles. The van der Waals surface area contributed by atoms with Crippen molar-refractivity contribution in [2.75, 3.05) is 13.1 Å². The highest BCUT2D eigenvalue weighted by Crippen LogP contribution is 2.27. The lowest BCUT2D eigenvalue weighted by Gasteiger charge is -2.32. The fraction of sp³-hybridized carbons (Fsp3) is 0.429. The van der Waals surface area contributed by atoms with E-state index in [1.54, 1.807) is 5.48 Å². The normalized spacial score (nSPS) is 15.2. The maximum atomic E-state index is 13.1.